The Balaban J connectivity index is 2.26. The average molecular weight is 260 g/mol. The molecule has 1 aromatic carbocycles. The Labute approximate surface area is 108 Å². The molecule has 2 aromatic rings. The van der Waals surface area contributed by atoms with Crippen LogP contribution < -0.4 is 10.3 Å². The topological polar surface area (TPSA) is 81.4 Å². The average Bonchev–Trinajstić information content (AvgIpc) is 2.35. The van der Waals surface area contributed by atoms with Crippen molar-refractivity contribution in [2.45, 2.75) is 6.42 Å². The van der Waals surface area contributed by atoms with E-state index in [1.807, 2.05) is 0 Å². The van der Waals surface area contributed by atoms with Crippen molar-refractivity contribution in [3.05, 3.63) is 52.6 Å². The van der Waals surface area contributed by atoms with Gasteiger partial charge < -0.3 is 14.4 Å². The van der Waals surface area contributed by atoms with Gasteiger partial charge in [0.05, 0.1) is 6.42 Å². The summed E-state index contributed by atoms with van der Waals surface area (Å²) in [6.45, 7) is 0. The minimum absolute atomic E-state index is 0.0440. The molecule has 0 aliphatic carbocycles. The lowest BCUT2D eigenvalue weighted by Crippen LogP contribution is -2.18. The van der Waals surface area contributed by atoms with Gasteiger partial charge >= 0.3 is 11.5 Å². The fourth-order valence-corrected chi connectivity index (χ4v) is 1.55. The second-order valence-electron chi connectivity index (χ2n) is 3.97. The summed E-state index contributed by atoms with van der Waals surface area (Å²) in [6, 6.07) is 6.56. The second-order valence-corrected chi connectivity index (χ2v) is 3.97. The number of nitrogens with zero attached hydrogens (tertiary/aromatic N) is 2. The third-order valence-corrected chi connectivity index (χ3v) is 2.45. The lowest BCUT2D eigenvalue weighted by Gasteiger charge is -2.06. The van der Waals surface area contributed by atoms with Crippen LogP contribution >= 0.6 is 0 Å². The molecule has 0 fully saturated rings. The first-order chi connectivity index (χ1) is 9.06. The summed E-state index contributed by atoms with van der Waals surface area (Å²) >= 11 is 0. The molecule has 19 heavy (non-hydrogen) atoms. The first-order valence-electron chi connectivity index (χ1n) is 5.56. The molecular weight excluding hydrogens is 248 g/mol. The van der Waals surface area contributed by atoms with E-state index in [0.717, 1.165) is 0 Å². The number of carboxylic acid groups (broad SMARTS) is 1. The SMILES string of the molecule is Cn1ccnc(Oc2cccc(CC(=O)O)c2)c1=O. The number of ether oxygens (including phenoxy) is 1. The molecule has 0 amide bonds. The molecule has 0 saturated carbocycles. The lowest BCUT2D eigenvalue weighted by atomic mass is 10.1. The summed E-state index contributed by atoms with van der Waals surface area (Å²) in [6.07, 6.45) is 2.88. The second kappa shape index (κ2) is 5.34. The van der Waals surface area contributed by atoms with Crippen LogP contribution in [0.2, 0.25) is 0 Å². The predicted octanol–water partition coefficient (Wildman–Crippen LogP) is 1.20. The maximum atomic E-state index is 11.7. The van der Waals surface area contributed by atoms with E-state index in [9.17, 15) is 9.59 Å². The van der Waals surface area contributed by atoms with Crippen LogP contribution in [0.25, 0.3) is 0 Å². The molecule has 6 heteroatoms. The number of carboxylic acids is 1. The van der Waals surface area contributed by atoms with Gasteiger partial charge in [0, 0.05) is 19.4 Å². The van der Waals surface area contributed by atoms with E-state index in [1.165, 1.54) is 17.0 Å². The van der Waals surface area contributed by atoms with Gasteiger partial charge in [-0.1, -0.05) is 12.1 Å². The molecule has 0 radical (unpaired) electrons. The van der Waals surface area contributed by atoms with Gasteiger partial charge in [0.25, 0.3) is 5.88 Å². The van der Waals surface area contributed by atoms with Crippen molar-refractivity contribution in [2.24, 2.45) is 7.05 Å². The first kappa shape index (κ1) is 12.8. The van der Waals surface area contributed by atoms with E-state index in [2.05, 4.69) is 4.98 Å². The van der Waals surface area contributed by atoms with Gasteiger partial charge in [0.1, 0.15) is 5.75 Å². The highest BCUT2D eigenvalue weighted by atomic mass is 16.5. The van der Waals surface area contributed by atoms with Crippen LogP contribution in [-0.4, -0.2) is 20.6 Å². The number of aryl methyl sites for hydroxylation is 1. The number of benzene rings is 1. The number of aliphatic carboxylic acids is 1. The molecule has 0 saturated heterocycles. The Hall–Kier alpha value is -2.63. The van der Waals surface area contributed by atoms with Crippen molar-refractivity contribution in [1.29, 1.82) is 0 Å². The van der Waals surface area contributed by atoms with Crippen molar-refractivity contribution in [3.8, 4) is 11.6 Å². The van der Waals surface area contributed by atoms with Crippen molar-refractivity contribution in [2.75, 3.05) is 0 Å². The van der Waals surface area contributed by atoms with Crippen LogP contribution in [-0.2, 0) is 18.3 Å². The fraction of sp³-hybridized carbons (Fsp3) is 0.154. The summed E-state index contributed by atoms with van der Waals surface area (Å²) in [5.74, 6) is -0.585. The highest BCUT2D eigenvalue weighted by Gasteiger charge is 2.07. The summed E-state index contributed by atoms with van der Waals surface area (Å²) in [5.41, 5.74) is 0.240. The summed E-state index contributed by atoms with van der Waals surface area (Å²) < 4.78 is 6.73. The molecule has 6 nitrogen and oxygen atoms in total. The van der Waals surface area contributed by atoms with Gasteiger partial charge in [0.15, 0.2) is 0 Å². The standard InChI is InChI=1S/C13H12N2O4/c1-15-6-5-14-12(13(15)18)19-10-4-2-3-9(7-10)8-11(16)17/h2-7H,8H2,1H3,(H,16,17). The zero-order chi connectivity index (χ0) is 13.8. The van der Waals surface area contributed by atoms with E-state index in [-0.39, 0.29) is 17.9 Å². The Bertz CT molecular complexity index is 664. The minimum atomic E-state index is -0.925. The Morgan fingerprint density at radius 1 is 1.47 bits per heavy atom. The molecule has 98 valence electrons. The van der Waals surface area contributed by atoms with Gasteiger partial charge in [0.2, 0.25) is 0 Å². The minimum Gasteiger partial charge on any atom is -0.481 e. The molecule has 1 heterocycles. The van der Waals surface area contributed by atoms with E-state index in [4.69, 9.17) is 9.84 Å². The van der Waals surface area contributed by atoms with E-state index in [1.54, 1.807) is 31.3 Å². The van der Waals surface area contributed by atoms with Gasteiger partial charge in [-0.05, 0) is 17.7 Å². The molecule has 0 aliphatic rings. The number of hydrogen-bond donors (Lipinski definition) is 1. The molecule has 2 rings (SSSR count). The van der Waals surface area contributed by atoms with Crippen LogP contribution in [0.15, 0.2) is 41.5 Å². The van der Waals surface area contributed by atoms with Gasteiger partial charge in [-0.15, -0.1) is 0 Å². The quantitative estimate of drug-likeness (QED) is 0.893. The highest BCUT2D eigenvalue weighted by Crippen LogP contribution is 2.18. The third kappa shape index (κ3) is 3.19. The van der Waals surface area contributed by atoms with E-state index in [0.29, 0.717) is 11.3 Å². The van der Waals surface area contributed by atoms with Crippen LogP contribution in [0, 0.1) is 0 Å². The molecule has 0 spiro atoms. The van der Waals surface area contributed by atoms with Crippen molar-refractivity contribution in [3.63, 3.8) is 0 Å². The van der Waals surface area contributed by atoms with Gasteiger partial charge in [-0.3, -0.25) is 9.59 Å². The molecule has 0 atom stereocenters. The first-order valence-corrected chi connectivity index (χ1v) is 5.56. The van der Waals surface area contributed by atoms with E-state index >= 15 is 0 Å². The Kier molecular flexibility index (Phi) is 3.61. The molecule has 0 bridgehead atoms. The smallest absolute Gasteiger partial charge is 0.313 e. The van der Waals surface area contributed by atoms with Crippen molar-refractivity contribution < 1.29 is 14.6 Å². The summed E-state index contributed by atoms with van der Waals surface area (Å²) in [5, 5.41) is 8.72. The molecular formula is C13H12N2O4. The Morgan fingerprint density at radius 2 is 2.26 bits per heavy atom. The number of rotatable bonds is 4. The van der Waals surface area contributed by atoms with Crippen molar-refractivity contribution >= 4 is 5.97 Å². The van der Waals surface area contributed by atoms with Crippen molar-refractivity contribution in [1.82, 2.24) is 9.55 Å². The molecule has 1 aromatic heterocycles. The summed E-state index contributed by atoms with van der Waals surface area (Å²) in [4.78, 5) is 26.2. The number of aromatic nitrogens is 2. The number of carbonyl (C=O) groups is 1. The predicted molar refractivity (Wildman–Crippen MR) is 67.3 cm³/mol. The number of hydrogen-bond acceptors (Lipinski definition) is 4. The van der Waals surface area contributed by atoms with Crippen LogP contribution in [0.4, 0.5) is 0 Å². The van der Waals surface area contributed by atoms with Crippen LogP contribution in [0.1, 0.15) is 5.56 Å². The highest BCUT2D eigenvalue weighted by molar-refractivity contribution is 5.70. The van der Waals surface area contributed by atoms with Gasteiger partial charge in [-0.2, -0.15) is 0 Å². The Morgan fingerprint density at radius 3 is 3.00 bits per heavy atom. The normalized spacial score (nSPS) is 10.2. The van der Waals surface area contributed by atoms with Gasteiger partial charge in [-0.25, -0.2) is 4.98 Å². The zero-order valence-corrected chi connectivity index (χ0v) is 10.2. The molecule has 1 N–H and O–H groups in total. The van der Waals surface area contributed by atoms with Crippen LogP contribution in [0.3, 0.4) is 0 Å². The monoisotopic (exact) mass is 260 g/mol. The summed E-state index contributed by atoms with van der Waals surface area (Å²) in [7, 11) is 1.59. The lowest BCUT2D eigenvalue weighted by molar-refractivity contribution is -0.136. The molecule has 0 unspecified atom stereocenters. The fourth-order valence-electron chi connectivity index (χ4n) is 1.55. The largest absolute Gasteiger partial charge is 0.481 e. The van der Waals surface area contributed by atoms with E-state index < -0.39 is 5.97 Å². The maximum absolute atomic E-state index is 11.7. The third-order valence-electron chi connectivity index (χ3n) is 2.45. The van der Waals surface area contributed by atoms with Crippen LogP contribution in [0.5, 0.6) is 11.6 Å². The maximum Gasteiger partial charge on any atom is 0.313 e. The zero-order valence-electron chi connectivity index (χ0n) is 10.2. The molecule has 0 aliphatic heterocycles.